The molecule has 3 rings (SSSR count). The molecule has 0 radical (unpaired) electrons. The summed E-state index contributed by atoms with van der Waals surface area (Å²) in [4.78, 5) is 29.2. The molecule has 3 aromatic heterocycles. The summed E-state index contributed by atoms with van der Waals surface area (Å²) in [6.07, 6.45) is 0. The van der Waals surface area contributed by atoms with Gasteiger partial charge in [0.15, 0.2) is 12.3 Å². The molecule has 0 aliphatic carbocycles. The predicted octanol–water partition coefficient (Wildman–Crippen LogP) is 3.97. The minimum atomic E-state index is -0.591. The second kappa shape index (κ2) is 7.69. The fourth-order valence-electron chi connectivity index (χ4n) is 1.98. The largest absolute Gasteiger partial charge is 0.451 e. The summed E-state index contributed by atoms with van der Waals surface area (Å²) in [6.45, 7) is 1.57. The molecule has 24 heavy (non-hydrogen) atoms. The molecule has 8 heteroatoms. The fraction of sp³-hybridized carbons (Fsp3) is 0.188. The van der Waals surface area contributed by atoms with Gasteiger partial charge in [-0.05, 0) is 29.8 Å². The Labute approximate surface area is 150 Å². The van der Waals surface area contributed by atoms with Crippen molar-refractivity contribution >= 4 is 45.9 Å². The predicted molar refractivity (Wildman–Crippen MR) is 96.6 cm³/mol. The zero-order chi connectivity index (χ0) is 16.9. The van der Waals surface area contributed by atoms with Gasteiger partial charge in [0.1, 0.15) is 5.01 Å². The zero-order valence-electron chi connectivity index (χ0n) is 12.7. The van der Waals surface area contributed by atoms with Gasteiger partial charge in [-0.1, -0.05) is 6.07 Å². The van der Waals surface area contributed by atoms with E-state index in [0.29, 0.717) is 0 Å². The molecule has 3 aromatic rings. The number of nitrogens with one attached hydrogen (secondary N) is 1. The molecule has 0 aliphatic heterocycles. The molecule has 0 aliphatic rings. The van der Waals surface area contributed by atoms with Gasteiger partial charge in [-0.2, -0.15) is 11.3 Å². The molecule has 0 bridgehead atoms. The minimum Gasteiger partial charge on any atom is -0.451 e. The smallest absolute Gasteiger partial charge is 0.358 e. The van der Waals surface area contributed by atoms with E-state index >= 15 is 0 Å². The Morgan fingerprint density at radius 3 is 2.83 bits per heavy atom. The number of rotatable bonds is 6. The van der Waals surface area contributed by atoms with Crippen molar-refractivity contribution in [3.05, 3.63) is 50.3 Å². The lowest BCUT2D eigenvalue weighted by molar-refractivity contribution is -0.124. The molecule has 1 atom stereocenters. The Hall–Kier alpha value is -2.03. The minimum absolute atomic E-state index is 0.110. The molecule has 0 saturated heterocycles. The van der Waals surface area contributed by atoms with Crippen LogP contribution in [0, 0.1) is 0 Å². The number of ether oxygens (including phenoxy) is 1. The normalized spacial score (nSPS) is 11.9. The average molecular weight is 379 g/mol. The van der Waals surface area contributed by atoms with E-state index in [0.717, 1.165) is 15.4 Å². The van der Waals surface area contributed by atoms with Crippen molar-refractivity contribution in [3.63, 3.8) is 0 Å². The van der Waals surface area contributed by atoms with Crippen LogP contribution in [-0.2, 0) is 9.53 Å². The molecule has 5 nitrogen and oxygen atoms in total. The Kier molecular flexibility index (Phi) is 5.39. The maximum atomic E-state index is 12.0. The van der Waals surface area contributed by atoms with E-state index in [-0.39, 0.29) is 24.2 Å². The first-order chi connectivity index (χ1) is 11.6. The van der Waals surface area contributed by atoms with Gasteiger partial charge in [0.25, 0.3) is 5.91 Å². The van der Waals surface area contributed by atoms with E-state index in [4.69, 9.17) is 4.74 Å². The van der Waals surface area contributed by atoms with E-state index < -0.39 is 5.97 Å². The van der Waals surface area contributed by atoms with Crippen molar-refractivity contribution in [1.29, 1.82) is 0 Å². The monoisotopic (exact) mass is 378 g/mol. The van der Waals surface area contributed by atoms with Crippen molar-refractivity contribution < 1.29 is 14.3 Å². The summed E-state index contributed by atoms with van der Waals surface area (Å²) < 4.78 is 5.04. The maximum absolute atomic E-state index is 12.0. The van der Waals surface area contributed by atoms with Crippen molar-refractivity contribution in [2.45, 2.75) is 13.0 Å². The van der Waals surface area contributed by atoms with Crippen molar-refractivity contribution in [2.24, 2.45) is 0 Å². The number of thiophene rings is 2. The second-order valence-electron chi connectivity index (χ2n) is 4.93. The topological polar surface area (TPSA) is 68.3 Å². The lowest BCUT2D eigenvalue weighted by atomic mass is 10.3. The van der Waals surface area contributed by atoms with E-state index in [1.54, 1.807) is 28.1 Å². The summed E-state index contributed by atoms with van der Waals surface area (Å²) in [5.41, 5.74) is 1.20. The molecule has 0 unspecified atom stereocenters. The Bertz CT molecular complexity index is 810. The summed E-state index contributed by atoms with van der Waals surface area (Å²) in [5.74, 6) is -0.927. The third-order valence-corrected chi connectivity index (χ3v) is 5.79. The van der Waals surface area contributed by atoms with Crippen LogP contribution in [0.25, 0.3) is 10.6 Å². The molecular weight excluding hydrogens is 364 g/mol. The van der Waals surface area contributed by atoms with Gasteiger partial charge in [-0.3, -0.25) is 4.79 Å². The SMILES string of the molecule is C[C@@H](NC(=O)COC(=O)c1csc(-c2ccsc2)n1)c1cccs1. The molecule has 1 N–H and O–H groups in total. The number of hydrogen-bond acceptors (Lipinski definition) is 7. The van der Waals surface area contributed by atoms with Gasteiger partial charge in [-0.25, -0.2) is 9.78 Å². The summed E-state index contributed by atoms with van der Waals surface area (Å²) >= 11 is 4.51. The van der Waals surface area contributed by atoms with E-state index in [2.05, 4.69) is 10.3 Å². The highest BCUT2D eigenvalue weighted by molar-refractivity contribution is 7.14. The van der Waals surface area contributed by atoms with Gasteiger partial charge in [0.05, 0.1) is 6.04 Å². The number of carbonyl (C=O) groups is 2. The van der Waals surface area contributed by atoms with Crippen LogP contribution in [0.1, 0.15) is 28.3 Å². The standard InChI is InChI=1S/C16H14N2O3S3/c1-10(13-3-2-5-23-13)17-14(19)7-21-16(20)12-9-24-15(18-12)11-4-6-22-8-11/h2-6,8-10H,7H2,1H3,(H,17,19)/t10-/m1/s1. The van der Waals surface area contributed by atoms with Crippen LogP contribution >= 0.6 is 34.0 Å². The molecule has 124 valence electrons. The lowest BCUT2D eigenvalue weighted by Gasteiger charge is -2.11. The quantitative estimate of drug-likeness (QED) is 0.659. The third-order valence-electron chi connectivity index (χ3n) is 3.16. The number of esters is 1. The van der Waals surface area contributed by atoms with Gasteiger partial charge < -0.3 is 10.1 Å². The van der Waals surface area contributed by atoms with Crippen molar-refractivity contribution in [2.75, 3.05) is 6.61 Å². The highest BCUT2D eigenvalue weighted by Gasteiger charge is 2.16. The molecular formula is C16H14N2O3S3. The van der Waals surface area contributed by atoms with Crippen molar-refractivity contribution in [1.82, 2.24) is 10.3 Å². The number of nitrogens with zero attached hydrogens (tertiary/aromatic N) is 1. The first-order valence-electron chi connectivity index (χ1n) is 7.11. The second-order valence-corrected chi connectivity index (χ2v) is 7.55. The first kappa shape index (κ1) is 16.8. The Morgan fingerprint density at radius 1 is 1.25 bits per heavy atom. The number of amides is 1. The van der Waals surface area contributed by atoms with Gasteiger partial charge in [-0.15, -0.1) is 22.7 Å². The maximum Gasteiger partial charge on any atom is 0.358 e. The van der Waals surface area contributed by atoms with Crippen LogP contribution in [-0.4, -0.2) is 23.5 Å². The molecule has 1 amide bonds. The number of thiazole rings is 1. The number of carbonyl (C=O) groups excluding carboxylic acids is 2. The third kappa shape index (κ3) is 4.08. The van der Waals surface area contributed by atoms with Crippen LogP contribution in [0.3, 0.4) is 0 Å². The highest BCUT2D eigenvalue weighted by atomic mass is 32.1. The Balaban J connectivity index is 1.51. The van der Waals surface area contributed by atoms with Crippen LogP contribution in [0.15, 0.2) is 39.7 Å². The van der Waals surface area contributed by atoms with Crippen molar-refractivity contribution in [3.8, 4) is 10.6 Å². The van der Waals surface area contributed by atoms with Crippen LogP contribution in [0.4, 0.5) is 0 Å². The molecule has 0 aromatic carbocycles. The van der Waals surface area contributed by atoms with Gasteiger partial charge in [0, 0.05) is 21.2 Å². The number of hydrogen-bond donors (Lipinski definition) is 1. The highest BCUT2D eigenvalue weighted by Crippen LogP contribution is 2.25. The van der Waals surface area contributed by atoms with Gasteiger partial charge >= 0.3 is 5.97 Å². The lowest BCUT2D eigenvalue weighted by Crippen LogP contribution is -2.30. The van der Waals surface area contributed by atoms with E-state index in [1.165, 1.54) is 11.3 Å². The summed E-state index contributed by atoms with van der Waals surface area (Å²) in [5, 5.41) is 11.1. The van der Waals surface area contributed by atoms with Crippen LogP contribution in [0.2, 0.25) is 0 Å². The van der Waals surface area contributed by atoms with Crippen LogP contribution in [0.5, 0.6) is 0 Å². The fourth-order valence-corrected chi connectivity index (χ4v) is 4.22. The molecule has 3 heterocycles. The Morgan fingerprint density at radius 2 is 2.12 bits per heavy atom. The summed E-state index contributed by atoms with van der Waals surface area (Å²) in [7, 11) is 0. The molecule has 0 saturated carbocycles. The van der Waals surface area contributed by atoms with E-state index in [9.17, 15) is 9.59 Å². The van der Waals surface area contributed by atoms with Crippen LogP contribution < -0.4 is 5.32 Å². The molecule has 0 spiro atoms. The number of aromatic nitrogens is 1. The van der Waals surface area contributed by atoms with Gasteiger partial charge in [0.2, 0.25) is 0 Å². The average Bonchev–Trinajstić information content (AvgIpc) is 3.34. The first-order valence-corrected chi connectivity index (χ1v) is 9.81. The summed E-state index contributed by atoms with van der Waals surface area (Å²) in [6, 6.07) is 5.71. The zero-order valence-corrected chi connectivity index (χ0v) is 15.2. The molecule has 0 fully saturated rings. The van der Waals surface area contributed by atoms with E-state index in [1.807, 2.05) is 41.3 Å².